The van der Waals surface area contributed by atoms with E-state index in [2.05, 4.69) is 0 Å². The molecule has 0 amide bonds. The topological polar surface area (TPSA) is 63.6 Å². The second-order valence-corrected chi connectivity index (χ2v) is 4.88. The molecule has 0 aromatic heterocycles. The van der Waals surface area contributed by atoms with Crippen molar-refractivity contribution in [3.8, 4) is 0 Å². The molecule has 0 aliphatic rings. The Morgan fingerprint density at radius 2 is 2.06 bits per heavy atom. The molecule has 0 bridgehead atoms. The summed E-state index contributed by atoms with van der Waals surface area (Å²) in [6, 6.07) is 5.19. The average molecular weight is 268 g/mol. The Morgan fingerprint density at radius 1 is 1.33 bits per heavy atom. The number of thioether (sulfide) groups is 1. The highest BCUT2D eigenvalue weighted by Gasteiger charge is 2.15. The van der Waals surface area contributed by atoms with Crippen LogP contribution in [-0.2, 0) is 16.0 Å². The molecule has 0 saturated carbocycles. The lowest BCUT2D eigenvalue weighted by Crippen LogP contribution is -2.11. The number of ether oxygens (including phenoxy) is 1. The smallest absolute Gasteiger partial charge is 0.338 e. The molecule has 0 aliphatic carbocycles. The van der Waals surface area contributed by atoms with Crippen LogP contribution in [0.25, 0.3) is 0 Å². The van der Waals surface area contributed by atoms with Crippen LogP contribution in [0.5, 0.6) is 0 Å². The van der Waals surface area contributed by atoms with Crippen molar-refractivity contribution in [3.63, 3.8) is 0 Å². The summed E-state index contributed by atoms with van der Waals surface area (Å²) < 4.78 is 4.91. The second-order valence-electron chi connectivity index (χ2n) is 3.54. The molecule has 0 atom stereocenters. The molecule has 98 valence electrons. The first kappa shape index (κ1) is 14.6. The summed E-state index contributed by atoms with van der Waals surface area (Å²) in [6.07, 6.45) is -0.174. The Kier molecular flexibility index (Phi) is 5.71. The normalized spacial score (nSPS) is 10.1. The number of esters is 1. The van der Waals surface area contributed by atoms with E-state index in [1.54, 1.807) is 30.8 Å². The summed E-state index contributed by atoms with van der Waals surface area (Å²) in [6.45, 7) is 4.01. The minimum Gasteiger partial charge on any atom is -0.481 e. The molecule has 0 fully saturated rings. The quantitative estimate of drug-likeness (QED) is 0.634. The third kappa shape index (κ3) is 4.07. The Hall–Kier alpha value is -1.49. The molecule has 0 heterocycles. The summed E-state index contributed by atoms with van der Waals surface area (Å²) >= 11 is 1.61. The lowest BCUT2D eigenvalue weighted by Gasteiger charge is -2.09. The van der Waals surface area contributed by atoms with E-state index in [4.69, 9.17) is 9.84 Å². The van der Waals surface area contributed by atoms with Gasteiger partial charge in [0, 0.05) is 4.90 Å². The third-order valence-electron chi connectivity index (χ3n) is 2.22. The molecule has 1 N–H and O–H groups in total. The van der Waals surface area contributed by atoms with Gasteiger partial charge in [-0.05, 0) is 36.4 Å². The maximum atomic E-state index is 11.7. The van der Waals surface area contributed by atoms with Crippen LogP contribution in [0.2, 0.25) is 0 Å². The highest BCUT2D eigenvalue weighted by Crippen LogP contribution is 2.22. The van der Waals surface area contributed by atoms with Crippen molar-refractivity contribution in [1.82, 2.24) is 0 Å². The van der Waals surface area contributed by atoms with Crippen LogP contribution < -0.4 is 0 Å². The van der Waals surface area contributed by atoms with Gasteiger partial charge < -0.3 is 9.84 Å². The van der Waals surface area contributed by atoms with E-state index in [0.717, 1.165) is 10.6 Å². The Bertz CT molecular complexity index is 443. The standard InChI is InChI=1S/C13H16O4S/c1-3-17-13(16)11-6-5-10(18-4-2)7-9(11)8-12(14)15/h5-7H,3-4,8H2,1-2H3,(H,14,15). The molecule has 0 saturated heterocycles. The fourth-order valence-electron chi connectivity index (χ4n) is 1.54. The lowest BCUT2D eigenvalue weighted by atomic mass is 10.0. The van der Waals surface area contributed by atoms with Gasteiger partial charge in [-0.15, -0.1) is 11.8 Å². The zero-order valence-corrected chi connectivity index (χ0v) is 11.3. The average Bonchev–Trinajstić information content (AvgIpc) is 2.29. The van der Waals surface area contributed by atoms with Gasteiger partial charge in [0.15, 0.2) is 0 Å². The van der Waals surface area contributed by atoms with Gasteiger partial charge in [-0.25, -0.2) is 4.79 Å². The summed E-state index contributed by atoms with van der Waals surface area (Å²) in [5.41, 5.74) is 0.833. The Labute approximate surface area is 110 Å². The first-order valence-corrected chi connectivity index (χ1v) is 6.71. The van der Waals surface area contributed by atoms with Gasteiger partial charge in [-0.2, -0.15) is 0 Å². The summed E-state index contributed by atoms with van der Waals surface area (Å²) in [5, 5.41) is 8.86. The number of hydrogen-bond acceptors (Lipinski definition) is 4. The molecular formula is C13H16O4S. The molecule has 0 radical (unpaired) electrons. The molecular weight excluding hydrogens is 252 g/mol. The SMILES string of the molecule is CCOC(=O)c1ccc(SCC)cc1CC(=O)O. The van der Waals surface area contributed by atoms with Crippen LogP contribution >= 0.6 is 11.8 Å². The van der Waals surface area contributed by atoms with Gasteiger partial charge in [0.25, 0.3) is 0 Å². The van der Waals surface area contributed by atoms with Crippen molar-refractivity contribution in [1.29, 1.82) is 0 Å². The van der Waals surface area contributed by atoms with E-state index in [1.165, 1.54) is 0 Å². The number of carboxylic acids is 1. The molecule has 0 unspecified atom stereocenters. The number of hydrogen-bond donors (Lipinski definition) is 1. The number of rotatable bonds is 6. The largest absolute Gasteiger partial charge is 0.481 e. The van der Waals surface area contributed by atoms with Gasteiger partial charge >= 0.3 is 11.9 Å². The number of carboxylic acid groups (broad SMARTS) is 1. The summed E-state index contributed by atoms with van der Waals surface area (Å²) in [7, 11) is 0. The number of carbonyl (C=O) groups excluding carboxylic acids is 1. The van der Waals surface area contributed by atoms with E-state index >= 15 is 0 Å². The molecule has 1 rings (SSSR count). The fraction of sp³-hybridized carbons (Fsp3) is 0.385. The first-order chi connectivity index (χ1) is 8.58. The van der Waals surface area contributed by atoms with Gasteiger partial charge in [-0.1, -0.05) is 6.92 Å². The van der Waals surface area contributed by atoms with Crippen LogP contribution in [-0.4, -0.2) is 29.4 Å². The summed E-state index contributed by atoms with van der Waals surface area (Å²) in [4.78, 5) is 23.5. The maximum absolute atomic E-state index is 11.7. The Morgan fingerprint density at radius 3 is 2.61 bits per heavy atom. The number of carbonyl (C=O) groups is 2. The lowest BCUT2D eigenvalue weighted by molar-refractivity contribution is -0.136. The Balaban J connectivity index is 3.07. The molecule has 1 aromatic carbocycles. The van der Waals surface area contributed by atoms with E-state index in [-0.39, 0.29) is 13.0 Å². The molecule has 0 aliphatic heterocycles. The van der Waals surface area contributed by atoms with Crippen LogP contribution in [0, 0.1) is 0 Å². The predicted molar refractivity (Wildman–Crippen MR) is 70.1 cm³/mol. The second kappa shape index (κ2) is 7.06. The predicted octanol–water partition coefficient (Wildman–Crippen LogP) is 2.60. The molecule has 18 heavy (non-hydrogen) atoms. The van der Waals surface area contributed by atoms with Crippen molar-refractivity contribution in [2.75, 3.05) is 12.4 Å². The van der Waals surface area contributed by atoms with Crippen molar-refractivity contribution in [3.05, 3.63) is 29.3 Å². The maximum Gasteiger partial charge on any atom is 0.338 e. The first-order valence-electron chi connectivity index (χ1n) is 5.73. The van der Waals surface area contributed by atoms with Crippen molar-refractivity contribution >= 4 is 23.7 Å². The van der Waals surface area contributed by atoms with Crippen LogP contribution in [0.15, 0.2) is 23.1 Å². The van der Waals surface area contributed by atoms with E-state index < -0.39 is 11.9 Å². The number of aliphatic carboxylic acids is 1. The molecule has 4 nitrogen and oxygen atoms in total. The van der Waals surface area contributed by atoms with Crippen molar-refractivity contribution in [2.45, 2.75) is 25.2 Å². The number of benzene rings is 1. The minimum atomic E-state index is -0.959. The zero-order valence-electron chi connectivity index (χ0n) is 10.4. The van der Waals surface area contributed by atoms with Crippen molar-refractivity contribution < 1.29 is 19.4 Å². The molecule has 0 spiro atoms. The highest BCUT2D eigenvalue weighted by molar-refractivity contribution is 7.99. The molecule has 5 heteroatoms. The highest BCUT2D eigenvalue weighted by atomic mass is 32.2. The van der Waals surface area contributed by atoms with Gasteiger partial charge in [0.1, 0.15) is 0 Å². The van der Waals surface area contributed by atoms with Crippen LogP contribution in [0.4, 0.5) is 0 Å². The van der Waals surface area contributed by atoms with Crippen LogP contribution in [0.1, 0.15) is 29.8 Å². The van der Waals surface area contributed by atoms with E-state index in [0.29, 0.717) is 11.1 Å². The van der Waals surface area contributed by atoms with E-state index in [9.17, 15) is 9.59 Å². The van der Waals surface area contributed by atoms with Gasteiger partial charge in [0.05, 0.1) is 18.6 Å². The third-order valence-corrected chi connectivity index (χ3v) is 3.10. The van der Waals surface area contributed by atoms with Gasteiger partial charge in [-0.3, -0.25) is 4.79 Å². The van der Waals surface area contributed by atoms with Gasteiger partial charge in [0.2, 0.25) is 0 Å². The zero-order chi connectivity index (χ0) is 13.5. The fourth-order valence-corrected chi connectivity index (χ4v) is 2.27. The monoisotopic (exact) mass is 268 g/mol. The van der Waals surface area contributed by atoms with E-state index in [1.807, 2.05) is 13.0 Å². The van der Waals surface area contributed by atoms with Crippen molar-refractivity contribution in [2.24, 2.45) is 0 Å². The minimum absolute atomic E-state index is 0.174. The molecule has 1 aromatic rings. The van der Waals surface area contributed by atoms with Crippen LogP contribution in [0.3, 0.4) is 0 Å². The summed E-state index contributed by atoms with van der Waals surface area (Å²) in [5.74, 6) is -0.536.